The smallest absolute Gasteiger partial charge is 0.171 e. The molecule has 0 aromatic carbocycles. The second-order valence-corrected chi connectivity index (χ2v) is 6.80. The molecule has 0 N–H and O–H groups in total. The van der Waals surface area contributed by atoms with Crippen LogP contribution >= 0.6 is 11.3 Å². The Morgan fingerprint density at radius 3 is 2.38 bits per heavy atom. The zero-order valence-electron chi connectivity index (χ0n) is 13.5. The Labute approximate surface area is 132 Å². The van der Waals surface area contributed by atoms with Gasteiger partial charge in [-0.15, -0.1) is 11.3 Å². The first-order chi connectivity index (χ1) is 10.1. The van der Waals surface area contributed by atoms with Gasteiger partial charge in [-0.25, -0.2) is 4.98 Å². The third-order valence-corrected chi connectivity index (χ3v) is 5.36. The summed E-state index contributed by atoms with van der Waals surface area (Å²) in [4.78, 5) is 22.3. The van der Waals surface area contributed by atoms with Gasteiger partial charge in [0, 0.05) is 46.1 Å². The number of rotatable bonds is 7. The molecule has 0 aliphatic carbocycles. The number of likely N-dealkylation sites (N-methyl/N-ethyl adjacent to an activating group) is 1. The van der Waals surface area contributed by atoms with Gasteiger partial charge in [-0.3, -0.25) is 4.79 Å². The third-order valence-electron chi connectivity index (χ3n) is 4.10. The van der Waals surface area contributed by atoms with Gasteiger partial charge in [0.2, 0.25) is 0 Å². The van der Waals surface area contributed by atoms with Crippen LogP contribution in [0.3, 0.4) is 0 Å². The highest BCUT2D eigenvalue weighted by atomic mass is 32.1. The number of hydrogen-bond acceptors (Lipinski definition) is 5. The number of carbonyl (C=O) groups is 1. The highest BCUT2D eigenvalue weighted by molar-refractivity contribution is 7.13. The predicted octanol–water partition coefficient (Wildman–Crippen LogP) is 2.48. The average Bonchev–Trinajstić information content (AvgIpc) is 2.89. The molecule has 1 aliphatic rings. The van der Waals surface area contributed by atoms with E-state index in [2.05, 4.69) is 23.6 Å². The molecule has 0 unspecified atom stereocenters. The number of nitrogens with zero attached hydrogens (tertiary/aromatic N) is 3. The van der Waals surface area contributed by atoms with Gasteiger partial charge in [-0.2, -0.15) is 0 Å². The van der Waals surface area contributed by atoms with Gasteiger partial charge in [0.15, 0.2) is 5.78 Å². The van der Waals surface area contributed by atoms with E-state index in [1.165, 1.54) is 13.1 Å². The van der Waals surface area contributed by atoms with E-state index in [1.807, 2.05) is 0 Å². The molecule has 0 atom stereocenters. The summed E-state index contributed by atoms with van der Waals surface area (Å²) in [5, 5.41) is 1.13. The van der Waals surface area contributed by atoms with Crippen LogP contribution < -0.4 is 0 Å². The Bertz CT molecular complexity index is 464. The van der Waals surface area contributed by atoms with Crippen LogP contribution in [-0.2, 0) is 12.8 Å². The molecular formula is C16H27N3OS. The summed E-state index contributed by atoms with van der Waals surface area (Å²) in [6.07, 6.45) is 2.93. The maximum atomic E-state index is 11.7. The number of Topliss-reactive ketones (excluding diaryl/α,β-unsaturated/α-hetero) is 1. The van der Waals surface area contributed by atoms with E-state index in [9.17, 15) is 4.79 Å². The van der Waals surface area contributed by atoms with Crippen molar-refractivity contribution in [2.45, 2.75) is 40.0 Å². The van der Waals surface area contributed by atoms with Crippen molar-refractivity contribution < 1.29 is 4.79 Å². The molecule has 1 aromatic rings. The average molecular weight is 309 g/mol. The Kier molecular flexibility index (Phi) is 6.33. The summed E-state index contributed by atoms with van der Waals surface area (Å²) in [5.41, 5.74) is 1.01. The van der Waals surface area contributed by atoms with Crippen LogP contribution in [0.15, 0.2) is 0 Å². The van der Waals surface area contributed by atoms with E-state index < -0.39 is 0 Å². The number of aryl methyl sites for hydroxylation is 1. The predicted molar refractivity (Wildman–Crippen MR) is 88.4 cm³/mol. The summed E-state index contributed by atoms with van der Waals surface area (Å²) in [5.74, 6) is 0.166. The summed E-state index contributed by atoms with van der Waals surface area (Å²) in [6, 6.07) is 0. The molecule has 21 heavy (non-hydrogen) atoms. The zero-order valence-corrected chi connectivity index (χ0v) is 14.3. The van der Waals surface area contributed by atoms with Crippen molar-refractivity contribution in [3.05, 3.63) is 15.6 Å². The lowest BCUT2D eigenvalue weighted by molar-refractivity contribution is 0.102. The quantitative estimate of drug-likeness (QED) is 0.725. The van der Waals surface area contributed by atoms with Crippen molar-refractivity contribution in [2.24, 2.45) is 0 Å². The largest absolute Gasteiger partial charge is 0.301 e. The van der Waals surface area contributed by atoms with Crippen LogP contribution in [0.4, 0.5) is 0 Å². The molecular weight excluding hydrogens is 282 g/mol. The highest BCUT2D eigenvalue weighted by Crippen LogP contribution is 2.21. The molecule has 4 nitrogen and oxygen atoms in total. The number of hydrogen-bond donors (Lipinski definition) is 0. The van der Waals surface area contributed by atoms with Crippen LogP contribution in [-0.4, -0.2) is 59.8 Å². The summed E-state index contributed by atoms with van der Waals surface area (Å²) in [7, 11) is 0. The van der Waals surface area contributed by atoms with Crippen LogP contribution in [0.25, 0.3) is 0 Å². The molecule has 0 saturated carbocycles. The molecule has 1 aromatic heterocycles. The lowest BCUT2D eigenvalue weighted by Gasteiger charge is -2.33. The number of piperazine rings is 1. The Morgan fingerprint density at radius 2 is 1.81 bits per heavy atom. The lowest BCUT2D eigenvalue weighted by atomic mass is 10.2. The minimum absolute atomic E-state index is 0.166. The zero-order chi connectivity index (χ0) is 15.2. The van der Waals surface area contributed by atoms with E-state index >= 15 is 0 Å². The first kappa shape index (κ1) is 16.6. The molecule has 0 bridgehead atoms. The fourth-order valence-electron chi connectivity index (χ4n) is 2.77. The number of ketones is 1. The van der Waals surface area contributed by atoms with E-state index in [1.54, 1.807) is 18.3 Å². The summed E-state index contributed by atoms with van der Waals surface area (Å²) >= 11 is 1.60. The van der Waals surface area contributed by atoms with E-state index in [0.717, 1.165) is 61.0 Å². The monoisotopic (exact) mass is 309 g/mol. The van der Waals surface area contributed by atoms with Gasteiger partial charge in [0.1, 0.15) is 0 Å². The molecule has 2 rings (SSSR count). The second-order valence-electron chi connectivity index (χ2n) is 5.72. The van der Waals surface area contributed by atoms with E-state index in [4.69, 9.17) is 4.98 Å². The van der Waals surface area contributed by atoms with E-state index in [-0.39, 0.29) is 5.78 Å². The Balaban J connectivity index is 1.88. The third kappa shape index (κ3) is 4.59. The molecule has 0 amide bonds. The van der Waals surface area contributed by atoms with Gasteiger partial charge in [0.25, 0.3) is 0 Å². The van der Waals surface area contributed by atoms with Gasteiger partial charge in [-0.1, -0.05) is 20.3 Å². The van der Waals surface area contributed by atoms with Crippen LogP contribution in [0, 0.1) is 0 Å². The fraction of sp³-hybridized carbons (Fsp3) is 0.750. The molecule has 2 heterocycles. The van der Waals surface area contributed by atoms with Gasteiger partial charge < -0.3 is 9.80 Å². The highest BCUT2D eigenvalue weighted by Gasteiger charge is 2.17. The standard InChI is InChI=1S/C16H27N3OS/c1-4-6-14-16(13(3)20)21-15(17-14)7-8-19-11-9-18(5-2)10-12-19/h4-12H2,1-3H3. The van der Waals surface area contributed by atoms with Crippen LogP contribution in [0.2, 0.25) is 0 Å². The number of thiazole rings is 1. The number of aromatic nitrogens is 1. The maximum absolute atomic E-state index is 11.7. The van der Waals surface area contributed by atoms with Gasteiger partial charge in [-0.05, 0) is 13.0 Å². The minimum atomic E-state index is 0.166. The molecule has 1 saturated heterocycles. The first-order valence-corrected chi connectivity index (χ1v) is 8.89. The van der Waals surface area contributed by atoms with Gasteiger partial charge >= 0.3 is 0 Å². The van der Waals surface area contributed by atoms with Crippen LogP contribution in [0.1, 0.15) is 47.6 Å². The Morgan fingerprint density at radius 1 is 1.14 bits per heavy atom. The molecule has 5 heteroatoms. The molecule has 1 aliphatic heterocycles. The van der Waals surface area contributed by atoms with Crippen molar-refractivity contribution in [2.75, 3.05) is 39.3 Å². The molecule has 1 fully saturated rings. The van der Waals surface area contributed by atoms with Gasteiger partial charge in [0.05, 0.1) is 15.6 Å². The topological polar surface area (TPSA) is 36.4 Å². The molecule has 0 radical (unpaired) electrons. The van der Waals surface area contributed by atoms with Crippen molar-refractivity contribution in [1.82, 2.24) is 14.8 Å². The molecule has 0 spiro atoms. The van der Waals surface area contributed by atoms with Crippen molar-refractivity contribution in [3.63, 3.8) is 0 Å². The summed E-state index contributed by atoms with van der Waals surface area (Å²) in [6.45, 7) is 12.9. The van der Waals surface area contributed by atoms with Crippen molar-refractivity contribution in [1.29, 1.82) is 0 Å². The normalized spacial score (nSPS) is 17.3. The van der Waals surface area contributed by atoms with Crippen LogP contribution in [0.5, 0.6) is 0 Å². The number of carbonyl (C=O) groups excluding carboxylic acids is 1. The maximum Gasteiger partial charge on any atom is 0.171 e. The lowest BCUT2D eigenvalue weighted by Crippen LogP contribution is -2.46. The summed E-state index contributed by atoms with van der Waals surface area (Å²) < 4.78 is 0. The minimum Gasteiger partial charge on any atom is -0.301 e. The second kappa shape index (κ2) is 8.01. The first-order valence-electron chi connectivity index (χ1n) is 8.08. The van der Waals surface area contributed by atoms with Crippen molar-refractivity contribution >= 4 is 17.1 Å². The van der Waals surface area contributed by atoms with E-state index in [0.29, 0.717) is 0 Å². The fourth-order valence-corrected chi connectivity index (χ4v) is 3.77. The van der Waals surface area contributed by atoms with Crippen molar-refractivity contribution in [3.8, 4) is 0 Å². The Hall–Kier alpha value is -0.780. The SMILES string of the molecule is CCCc1nc(CCN2CCN(CC)CC2)sc1C(C)=O. The molecule has 118 valence electrons.